The first-order valence-corrected chi connectivity index (χ1v) is 9.52. The number of ether oxygens (including phenoxy) is 2. The normalized spacial score (nSPS) is 27.4. The highest BCUT2D eigenvalue weighted by atomic mass is 16.5. The highest BCUT2D eigenvalue weighted by Gasteiger charge is 2.53. The van der Waals surface area contributed by atoms with E-state index in [4.69, 9.17) is 9.47 Å². The summed E-state index contributed by atoms with van der Waals surface area (Å²) in [6.07, 6.45) is 7.03. The van der Waals surface area contributed by atoms with E-state index in [9.17, 15) is 4.79 Å². The van der Waals surface area contributed by atoms with Gasteiger partial charge in [-0.15, -0.1) is 0 Å². The van der Waals surface area contributed by atoms with Crippen LogP contribution in [0.5, 0.6) is 5.88 Å². The van der Waals surface area contributed by atoms with Crippen LogP contribution in [0.2, 0.25) is 0 Å². The van der Waals surface area contributed by atoms with Crippen LogP contribution >= 0.6 is 0 Å². The highest BCUT2D eigenvalue weighted by molar-refractivity contribution is 5.77. The van der Waals surface area contributed by atoms with Crippen LogP contribution in [0, 0.1) is 6.92 Å². The molecule has 2 aromatic rings. The van der Waals surface area contributed by atoms with Crippen LogP contribution in [0.1, 0.15) is 31.4 Å². The Morgan fingerprint density at radius 2 is 2.22 bits per heavy atom. The number of aromatic nitrogens is 3. The standard InChI is InChI=1S/C20H26N4O3/c1-15-7-11-23(22-15)14-19(25)24-12-9-20(26-2)8-6-16(13-17(20)24)27-18-5-3-4-10-21-18/h3-5,7,10-11,16-17H,6,8-9,12-14H2,1-2H3/t16-,17+,20-/m1/s1. The molecule has 2 aromatic heterocycles. The van der Waals surface area contributed by atoms with Gasteiger partial charge >= 0.3 is 0 Å². The van der Waals surface area contributed by atoms with E-state index < -0.39 is 0 Å². The molecule has 0 bridgehead atoms. The number of carbonyl (C=O) groups excluding carboxylic acids is 1. The van der Waals surface area contributed by atoms with Crippen molar-refractivity contribution < 1.29 is 14.3 Å². The first-order valence-electron chi connectivity index (χ1n) is 9.52. The molecule has 3 atom stereocenters. The van der Waals surface area contributed by atoms with Crippen LogP contribution in [0.3, 0.4) is 0 Å². The van der Waals surface area contributed by atoms with Crippen LogP contribution in [-0.2, 0) is 16.1 Å². The quantitative estimate of drug-likeness (QED) is 0.807. The van der Waals surface area contributed by atoms with Gasteiger partial charge in [-0.2, -0.15) is 5.10 Å². The predicted molar refractivity (Wildman–Crippen MR) is 99.3 cm³/mol. The minimum atomic E-state index is -0.264. The smallest absolute Gasteiger partial charge is 0.244 e. The van der Waals surface area contributed by atoms with Crippen molar-refractivity contribution >= 4 is 5.91 Å². The Morgan fingerprint density at radius 1 is 1.33 bits per heavy atom. The summed E-state index contributed by atoms with van der Waals surface area (Å²) in [5.74, 6) is 0.718. The average Bonchev–Trinajstić information content (AvgIpc) is 3.26. The lowest BCUT2D eigenvalue weighted by molar-refractivity contribution is -0.140. The molecule has 0 unspecified atom stereocenters. The van der Waals surface area contributed by atoms with Crippen molar-refractivity contribution in [1.29, 1.82) is 0 Å². The van der Waals surface area contributed by atoms with E-state index in [0.717, 1.165) is 31.4 Å². The molecule has 4 rings (SSSR count). The van der Waals surface area contributed by atoms with Crippen molar-refractivity contribution in [3.63, 3.8) is 0 Å². The number of pyridine rings is 1. The SMILES string of the molecule is CO[C@@]12CC[C@@H](Oc3ccccn3)C[C@@H]1N(C(=O)Cn1ccc(C)n1)CC2. The number of fused-ring (bicyclic) bond motifs is 1. The zero-order valence-electron chi connectivity index (χ0n) is 15.9. The van der Waals surface area contributed by atoms with Crippen molar-refractivity contribution in [1.82, 2.24) is 19.7 Å². The number of hydrogen-bond acceptors (Lipinski definition) is 5. The van der Waals surface area contributed by atoms with Crippen LogP contribution in [0.25, 0.3) is 0 Å². The number of carbonyl (C=O) groups is 1. The van der Waals surface area contributed by atoms with Crippen LogP contribution in [0.15, 0.2) is 36.7 Å². The first kappa shape index (κ1) is 18.0. The van der Waals surface area contributed by atoms with Gasteiger partial charge in [-0.3, -0.25) is 9.48 Å². The van der Waals surface area contributed by atoms with Gasteiger partial charge < -0.3 is 14.4 Å². The molecule has 1 aliphatic carbocycles. The van der Waals surface area contributed by atoms with Gasteiger partial charge in [0.25, 0.3) is 0 Å². The van der Waals surface area contributed by atoms with E-state index in [2.05, 4.69) is 10.1 Å². The predicted octanol–water partition coefficient (Wildman–Crippen LogP) is 2.20. The van der Waals surface area contributed by atoms with Gasteiger partial charge in [0.05, 0.1) is 17.3 Å². The Kier molecular flexibility index (Phi) is 4.86. The van der Waals surface area contributed by atoms with Gasteiger partial charge in [0, 0.05) is 38.5 Å². The number of aryl methyl sites for hydroxylation is 1. The summed E-state index contributed by atoms with van der Waals surface area (Å²) in [4.78, 5) is 19.2. The Labute approximate surface area is 159 Å². The molecule has 27 heavy (non-hydrogen) atoms. The lowest BCUT2D eigenvalue weighted by Crippen LogP contribution is -2.54. The molecule has 0 spiro atoms. The minimum absolute atomic E-state index is 0.0223. The maximum Gasteiger partial charge on any atom is 0.244 e. The summed E-state index contributed by atoms with van der Waals surface area (Å²) < 4.78 is 13.7. The van der Waals surface area contributed by atoms with Gasteiger partial charge in [-0.1, -0.05) is 6.07 Å². The largest absolute Gasteiger partial charge is 0.474 e. The van der Waals surface area contributed by atoms with Gasteiger partial charge in [-0.05, 0) is 38.3 Å². The van der Waals surface area contributed by atoms with Crippen molar-refractivity contribution in [2.45, 2.75) is 56.9 Å². The molecule has 0 radical (unpaired) electrons. The molecule has 1 saturated carbocycles. The molecule has 2 fully saturated rings. The maximum atomic E-state index is 13.0. The molecule has 1 amide bonds. The molecule has 7 heteroatoms. The first-order chi connectivity index (χ1) is 13.1. The summed E-state index contributed by atoms with van der Waals surface area (Å²) in [6.45, 7) is 2.90. The Hall–Kier alpha value is -2.41. The lowest BCUT2D eigenvalue weighted by atomic mass is 9.79. The summed E-state index contributed by atoms with van der Waals surface area (Å²) in [5, 5.41) is 4.34. The zero-order valence-corrected chi connectivity index (χ0v) is 15.9. The second-order valence-electron chi connectivity index (χ2n) is 7.46. The molecule has 0 aromatic carbocycles. The Balaban J connectivity index is 1.48. The van der Waals surface area contributed by atoms with Crippen LogP contribution in [-0.4, -0.2) is 57.0 Å². The fraction of sp³-hybridized carbons (Fsp3) is 0.550. The molecular formula is C20H26N4O3. The molecule has 3 heterocycles. The van der Waals surface area contributed by atoms with Crippen LogP contribution in [0.4, 0.5) is 0 Å². The maximum absolute atomic E-state index is 13.0. The van der Waals surface area contributed by atoms with Gasteiger partial charge in [-0.25, -0.2) is 4.98 Å². The number of likely N-dealkylation sites (tertiary alicyclic amines) is 1. The van der Waals surface area contributed by atoms with Crippen molar-refractivity contribution in [3.05, 3.63) is 42.4 Å². The van der Waals surface area contributed by atoms with E-state index in [1.807, 2.05) is 42.3 Å². The van der Waals surface area contributed by atoms with Crippen molar-refractivity contribution in [2.24, 2.45) is 0 Å². The molecule has 7 nitrogen and oxygen atoms in total. The highest BCUT2D eigenvalue weighted by Crippen LogP contribution is 2.43. The average molecular weight is 370 g/mol. The zero-order chi connectivity index (χ0) is 18.9. The van der Waals surface area contributed by atoms with E-state index >= 15 is 0 Å². The minimum Gasteiger partial charge on any atom is -0.474 e. The molecule has 144 valence electrons. The third-order valence-electron chi connectivity index (χ3n) is 5.86. The van der Waals surface area contributed by atoms with E-state index in [1.165, 1.54) is 0 Å². The fourth-order valence-corrected chi connectivity index (χ4v) is 4.44. The number of amides is 1. The Bertz CT molecular complexity index is 794. The Morgan fingerprint density at radius 3 is 2.93 bits per heavy atom. The van der Waals surface area contributed by atoms with Gasteiger partial charge in [0.15, 0.2) is 0 Å². The third-order valence-corrected chi connectivity index (χ3v) is 5.86. The third kappa shape index (κ3) is 3.56. The fourth-order valence-electron chi connectivity index (χ4n) is 4.44. The molecule has 0 N–H and O–H groups in total. The summed E-state index contributed by atoms with van der Waals surface area (Å²) in [5.41, 5.74) is 0.650. The monoisotopic (exact) mass is 370 g/mol. The molecule has 2 aliphatic rings. The van der Waals surface area contributed by atoms with Crippen molar-refractivity contribution in [2.75, 3.05) is 13.7 Å². The summed E-state index contributed by atoms with van der Waals surface area (Å²) in [6, 6.07) is 7.60. The summed E-state index contributed by atoms with van der Waals surface area (Å²) in [7, 11) is 1.76. The van der Waals surface area contributed by atoms with E-state index in [-0.39, 0.29) is 30.2 Å². The summed E-state index contributed by atoms with van der Waals surface area (Å²) >= 11 is 0. The second kappa shape index (κ2) is 7.31. The van der Waals surface area contributed by atoms with Gasteiger partial charge in [0.1, 0.15) is 12.6 Å². The molecule has 1 saturated heterocycles. The molecule has 1 aliphatic heterocycles. The molecular weight excluding hydrogens is 344 g/mol. The topological polar surface area (TPSA) is 69.5 Å². The second-order valence-corrected chi connectivity index (χ2v) is 7.46. The van der Waals surface area contributed by atoms with E-state index in [1.54, 1.807) is 18.0 Å². The number of nitrogens with zero attached hydrogens (tertiary/aromatic N) is 4. The lowest BCUT2D eigenvalue weighted by Gasteiger charge is -2.43. The number of hydrogen-bond donors (Lipinski definition) is 0. The number of methoxy groups -OCH3 is 1. The van der Waals surface area contributed by atoms with Gasteiger partial charge in [0.2, 0.25) is 11.8 Å². The van der Waals surface area contributed by atoms with Crippen LogP contribution < -0.4 is 4.74 Å². The van der Waals surface area contributed by atoms with E-state index in [0.29, 0.717) is 12.4 Å². The number of rotatable bonds is 5. The van der Waals surface area contributed by atoms with Crippen molar-refractivity contribution in [3.8, 4) is 5.88 Å².